The van der Waals surface area contributed by atoms with E-state index in [-0.39, 0.29) is 0 Å². The number of unbranched alkanes of at least 4 members (excludes halogenated alkanes) is 37. The van der Waals surface area contributed by atoms with Crippen molar-refractivity contribution in [2.24, 2.45) is 0 Å². The lowest BCUT2D eigenvalue weighted by Gasteiger charge is -2.27. The molecule has 0 fully saturated rings. The molecule has 0 aromatic heterocycles. The van der Waals surface area contributed by atoms with Crippen molar-refractivity contribution in [2.45, 2.75) is 327 Å². The minimum Gasteiger partial charge on any atom is -0.394 e. The number of nitrogens with one attached hydrogen (secondary N) is 1. The van der Waals surface area contributed by atoms with Crippen LogP contribution in [0, 0.1) is 0 Å². The number of amides is 1. The molecule has 6 heteroatoms. The maximum Gasteiger partial charge on any atom is 0.249 e. The zero-order chi connectivity index (χ0) is 48.8. The monoisotopic (exact) mass is 942 g/mol. The lowest BCUT2D eigenvalue weighted by molar-refractivity contribution is -0.132. The van der Waals surface area contributed by atoms with E-state index in [1.165, 1.54) is 218 Å². The highest BCUT2D eigenvalue weighted by Gasteiger charge is 2.28. The molecule has 1 amide bonds. The maximum absolute atomic E-state index is 12.6. The molecule has 0 rings (SSSR count). The van der Waals surface area contributed by atoms with E-state index in [0.29, 0.717) is 19.3 Å². The first-order valence-corrected chi connectivity index (χ1v) is 29.5. The van der Waals surface area contributed by atoms with Crippen LogP contribution in [0.15, 0.2) is 48.6 Å². The van der Waals surface area contributed by atoms with E-state index in [9.17, 15) is 25.2 Å². The Bertz CT molecular complexity index is 1100. The summed E-state index contributed by atoms with van der Waals surface area (Å²) in [6.07, 6.45) is 70.5. The molecule has 0 spiro atoms. The second kappa shape index (κ2) is 55.2. The van der Waals surface area contributed by atoms with E-state index in [1.54, 1.807) is 0 Å². The molecule has 0 heterocycles. The Labute approximate surface area is 417 Å². The molecule has 0 bridgehead atoms. The van der Waals surface area contributed by atoms with Gasteiger partial charge in [0.25, 0.3) is 0 Å². The third-order valence-corrected chi connectivity index (χ3v) is 13.7. The standard InChI is InChI=1S/C61H115NO5/c1-3-5-7-9-11-13-15-17-19-21-23-25-27-28-29-30-31-33-34-36-38-40-42-44-46-48-50-52-54-58(64)60(66)57(56-63)62-61(67)59(65)55-53-51-49-47-45-43-41-39-37-35-32-26-24-22-20-18-16-14-12-10-8-6-4-2/h31,33,35,37-38,40,46,48,57-60,63-66H,3-30,32,34,36,39,41-45,47,49-56H2,1-2H3,(H,62,67)/b33-31+,37-35-,40-38+,48-46+. The summed E-state index contributed by atoms with van der Waals surface area (Å²) in [5.74, 6) is -0.601. The van der Waals surface area contributed by atoms with Gasteiger partial charge >= 0.3 is 0 Å². The molecule has 67 heavy (non-hydrogen) atoms. The molecule has 394 valence electrons. The van der Waals surface area contributed by atoms with Crippen LogP contribution >= 0.6 is 0 Å². The van der Waals surface area contributed by atoms with Crippen LogP contribution in [-0.2, 0) is 4.79 Å². The van der Waals surface area contributed by atoms with Gasteiger partial charge in [-0.15, -0.1) is 0 Å². The molecule has 5 N–H and O–H groups in total. The molecule has 0 saturated carbocycles. The summed E-state index contributed by atoms with van der Waals surface area (Å²) < 4.78 is 0. The molecule has 0 saturated heterocycles. The molecular formula is C61H115NO5. The zero-order valence-corrected chi connectivity index (χ0v) is 44.7. The summed E-state index contributed by atoms with van der Waals surface area (Å²) in [5.41, 5.74) is 0. The summed E-state index contributed by atoms with van der Waals surface area (Å²) >= 11 is 0. The van der Waals surface area contributed by atoms with E-state index in [2.05, 4.69) is 67.8 Å². The Morgan fingerprint density at radius 3 is 0.940 bits per heavy atom. The fraction of sp³-hybridized carbons (Fsp3) is 0.852. The fourth-order valence-electron chi connectivity index (χ4n) is 9.08. The predicted octanol–water partition coefficient (Wildman–Crippen LogP) is 17.4. The average Bonchev–Trinajstić information content (AvgIpc) is 3.33. The van der Waals surface area contributed by atoms with Crippen LogP contribution in [-0.4, -0.2) is 57.3 Å². The molecule has 0 aliphatic heterocycles. The number of carbonyl (C=O) groups excluding carboxylic acids is 1. The van der Waals surface area contributed by atoms with Crippen molar-refractivity contribution < 1.29 is 25.2 Å². The van der Waals surface area contributed by atoms with Gasteiger partial charge in [-0.3, -0.25) is 4.79 Å². The predicted molar refractivity (Wildman–Crippen MR) is 293 cm³/mol. The van der Waals surface area contributed by atoms with Gasteiger partial charge in [0, 0.05) is 0 Å². The highest BCUT2D eigenvalue weighted by Crippen LogP contribution is 2.17. The Kier molecular flexibility index (Phi) is 53.8. The van der Waals surface area contributed by atoms with E-state index < -0.39 is 36.9 Å². The third-order valence-electron chi connectivity index (χ3n) is 13.7. The van der Waals surface area contributed by atoms with E-state index in [0.717, 1.165) is 51.4 Å². The summed E-state index contributed by atoms with van der Waals surface area (Å²) in [6, 6.07) is -1.02. The van der Waals surface area contributed by atoms with Gasteiger partial charge in [-0.2, -0.15) is 0 Å². The molecule has 0 aromatic rings. The van der Waals surface area contributed by atoms with Crippen LogP contribution in [0.5, 0.6) is 0 Å². The summed E-state index contributed by atoms with van der Waals surface area (Å²) in [7, 11) is 0. The molecule has 4 unspecified atom stereocenters. The number of allylic oxidation sites excluding steroid dienone is 8. The highest BCUT2D eigenvalue weighted by molar-refractivity contribution is 5.80. The van der Waals surface area contributed by atoms with Crippen LogP contribution in [0.25, 0.3) is 0 Å². The number of hydrogen-bond acceptors (Lipinski definition) is 5. The third kappa shape index (κ3) is 49.1. The van der Waals surface area contributed by atoms with Gasteiger partial charge in [0.05, 0.1) is 18.8 Å². The number of rotatable bonds is 54. The molecule has 4 atom stereocenters. The van der Waals surface area contributed by atoms with Crippen molar-refractivity contribution in [1.82, 2.24) is 5.32 Å². The first-order chi connectivity index (χ1) is 33.0. The molecule has 0 aromatic carbocycles. The molecule has 0 aliphatic rings. The summed E-state index contributed by atoms with van der Waals surface area (Å²) in [5, 5.41) is 44.0. The van der Waals surface area contributed by atoms with Crippen LogP contribution in [0.4, 0.5) is 0 Å². The first kappa shape index (κ1) is 65.3. The minimum absolute atomic E-state index is 0.353. The second-order valence-corrected chi connectivity index (χ2v) is 20.3. The van der Waals surface area contributed by atoms with E-state index in [1.807, 2.05) is 0 Å². The quantitative estimate of drug-likeness (QED) is 0.0308. The van der Waals surface area contributed by atoms with Gasteiger partial charge < -0.3 is 25.7 Å². The minimum atomic E-state index is -1.30. The van der Waals surface area contributed by atoms with Gasteiger partial charge in [0.15, 0.2) is 0 Å². The smallest absolute Gasteiger partial charge is 0.249 e. The Balaban J connectivity index is 3.71. The Morgan fingerprint density at radius 1 is 0.358 bits per heavy atom. The van der Waals surface area contributed by atoms with Crippen LogP contribution in [0.3, 0.4) is 0 Å². The first-order valence-electron chi connectivity index (χ1n) is 29.5. The van der Waals surface area contributed by atoms with E-state index in [4.69, 9.17) is 0 Å². The van der Waals surface area contributed by atoms with Gasteiger partial charge in [-0.05, 0) is 89.9 Å². The fourth-order valence-corrected chi connectivity index (χ4v) is 9.08. The topological polar surface area (TPSA) is 110 Å². The average molecular weight is 943 g/mol. The van der Waals surface area contributed by atoms with E-state index >= 15 is 0 Å². The van der Waals surface area contributed by atoms with Crippen molar-refractivity contribution in [3.63, 3.8) is 0 Å². The summed E-state index contributed by atoms with van der Waals surface area (Å²) in [4.78, 5) is 12.6. The van der Waals surface area contributed by atoms with Gasteiger partial charge in [-0.1, -0.05) is 262 Å². The summed E-state index contributed by atoms with van der Waals surface area (Å²) in [6.45, 7) is 4.07. The zero-order valence-electron chi connectivity index (χ0n) is 44.7. The number of carbonyl (C=O) groups is 1. The van der Waals surface area contributed by atoms with Gasteiger partial charge in [0.1, 0.15) is 12.2 Å². The lowest BCUT2D eigenvalue weighted by Crippen LogP contribution is -2.53. The SMILES string of the molecule is CCCCCCCCCCCCCC/C=C\CCCCCCCCCC(O)C(=O)NC(CO)C(O)C(O)CCC/C=C/CC/C=C/CC/C=C/CCCCCCCCCCCCCCCCC. The molecule has 0 aliphatic carbocycles. The largest absolute Gasteiger partial charge is 0.394 e. The lowest BCUT2D eigenvalue weighted by atomic mass is 10.00. The van der Waals surface area contributed by atoms with Crippen LogP contribution in [0.1, 0.15) is 303 Å². The Hall–Kier alpha value is -1.73. The van der Waals surface area contributed by atoms with Crippen molar-refractivity contribution in [3.05, 3.63) is 48.6 Å². The number of aliphatic hydroxyl groups is 4. The van der Waals surface area contributed by atoms with Crippen LogP contribution < -0.4 is 5.32 Å². The second-order valence-electron chi connectivity index (χ2n) is 20.3. The van der Waals surface area contributed by atoms with Gasteiger partial charge in [-0.25, -0.2) is 0 Å². The Morgan fingerprint density at radius 2 is 0.627 bits per heavy atom. The van der Waals surface area contributed by atoms with Crippen molar-refractivity contribution in [2.75, 3.05) is 6.61 Å². The molecular weight excluding hydrogens is 827 g/mol. The molecule has 0 radical (unpaired) electrons. The normalized spacial score (nSPS) is 14.1. The van der Waals surface area contributed by atoms with Crippen LogP contribution in [0.2, 0.25) is 0 Å². The van der Waals surface area contributed by atoms with Crippen molar-refractivity contribution in [3.8, 4) is 0 Å². The maximum atomic E-state index is 12.6. The van der Waals surface area contributed by atoms with Crippen molar-refractivity contribution >= 4 is 5.91 Å². The van der Waals surface area contributed by atoms with Crippen molar-refractivity contribution in [1.29, 1.82) is 0 Å². The highest BCUT2D eigenvalue weighted by atomic mass is 16.3. The number of hydrogen-bond donors (Lipinski definition) is 5. The molecule has 6 nitrogen and oxygen atoms in total. The number of aliphatic hydroxyl groups excluding tert-OH is 4. The van der Waals surface area contributed by atoms with Gasteiger partial charge in [0.2, 0.25) is 5.91 Å².